The van der Waals surface area contributed by atoms with Crippen LogP contribution in [-0.2, 0) is 6.61 Å². The molecule has 0 spiro atoms. The summed E-state index contributed by atoms with van der Waals surface area (Å²) < 4.78 is 11.3. The number of rotatable bonds is 6. The number of methoxy groups -OCH3 is 1. The lowest BCUT2D eigenvalue weighted by Crippen LogP contribution is -2.13. The van der Waals surface area contributed by atoms with Crippen LogP contribution in [0, 0.1) is 13.8 Å². The summed E-state index contributed by atoms with van der Waals surface area (Å²) >= 11 is 0. The first-order chi connectivity index (χ1) is 13.0. The predicted octanol–water partition coefficient (Wildman–Crippen LogP) is 5.14. The van der Waals surface area contributed by atoms with Gasteiger partial charge in [-0.1, -0.05) is 24.3 Å². The molecular formula is C23H23NO3. The highest BCUT2D eigenvalue weighted by molar-refractivity contribution is 6.04. The maximum absolute atomic E-state index is 12.6. The smallest absolute Gasteiger partial charge is 0.255 e. The summed E-state index contributed by atoms with van der Waals surface area (Å²) in [5.41, 5.74) is 4.37. The molecule has 0 saturated heterocycles. The molecule has 0 aliphatic rings. The van der Waals surface area contributed by atoms with Crippen LogP contribution >= 0.6 is 0 Å². The molecule has 3 rings (SSSR count). The van der Waals surface area contributed by atoms with Gasteiger partial charge in [0.15, 0.2) is 0 Å². The first kappa shape index (κ1) is 18.5. The largest absolute Gasteiger partial charge is 0.496 e. The van der Waals surface area contributed by atoms with Gasteiger partial charge >= 0.3 is 0 Å². The van der Waals surface area contributed by atoms with E-state index in [-0.39, 0.29) is 5.91 Å². The molecule has 138 valence electrons. The lowest BCUT2D eigenvalue weighted by Gasteiger charge is -2.13. The van der Waals surface area contributed by atoms with Crippen LogP contribution in [0.4, 0.5) is 5.69 Å². The summed E-state index contributed by atoms with van der Waals surface area (Å²) in [5, 5.41) is 2.92. The fourth-order valence-electron chi connectivity index (χ4n) is 2.82. The van der Waals surface area contributed by atoms with Crippen LogP contribution < -0.4 is 14.8 Å². The second-order valence-corrected chi connectivity index (χ2v) is 6.46. The molecule has 0 unspecified atom stereocenters. The topological polar surface area (TPSA) is 47.6 Å². The molecule has 0 aromatic heterocycles. The zero-order valence-electron chi connectivity index (χ0n) is 15.8. The molecule has 0 aliphatic carbocycles. The summed E-state index contributed by atoms with van der Waals surface area (Å²) in [7, 11) is 1.61. The van der Waals surface area contributed by atoms with Crippen molar-refractivity contribution in [3.63, 3.8) is 0 Å². The molecule has 3 aromatic rings. The number of carbonyl (C=O) groups excluding carboxylic acids is 1. The summed E-state index contributed by atoms with van der Waals surface area (Å²) in [6.07, 6.45) is 0. The van der Waals surface area contributed by atoms with E-state index < -0.39 is 0 Å². The lowest BCUT2D eigenvalue weighted by atomic mass is 10.1. The molecular weight excluding hydrogens is 338 g/mol. The molecule has 0 aliphatic heterocycles. The van der Waals surface area contributed by atoms with E-state index in [0.29, 0.717) is 17.9 Å². The molecule has 0 heterocycles. The van der Waals surface area contributed by atoms with Gasteiger partial charge in [0.05, 0.1) is 7.11 Å². The maximum Gasteiger partial charge on any atom is 0.255 e. The fourth-order valence-corrected chi connectivity index (χ4v) is 2.82. The van der Waals surface area contributed by atoms with Crippen molar-refractivity contribution in [1.82, 2.24) is 0 Å². The van der Waals surface area contributed by atoms with E-state index in [1.807, 2.05) is 62.4 Å². The number of hydrogen-bond donors (Lipinski definition) is 1. The molecule has 0 saturated carbocycles. The molecule has 3 aromatic carbocycles. The number of hydrogen-bond acceptors (Lipinski definition) is 3. The molecule has 27 heavy (non-hydrogen) atoms. The number of benzene rings is 3. The van der Waals surface area contributed by atoms with E-state index in [9.17, 15) is 4.79 Å². The third kappa shape index (κ3) is 4.88. The van der Waals surface area contributed by atoms with Gasteiger partial charge in [-0.05, 0) is 67.4 Å². The van der Waals surface area contributed by atoms with E-state index >= 15 is 0 Å². The SMILES string of the molecule is COc1ccc(C(=O)Nc2cccc(C)c2)cc1COc1cccc(C)c1. The minimum absolute atomic E-state index is 0.167. The van der Waals surface area contributed by atoms with Gasteiger partial charge in [-0.15, -0.1) is 0 Å². The third-order valence-electron chi connectivity index (χ3n) is 4.20. The van der Waals surface area contributed by atoms with Gasteiger partial charge < -0.3 is 14.8 Å². The minimum atomic E-state index is -0.167. The third-order valence-corrected chi connectivity index (χ3v) is 4.20. The van der Waals surface area contributed by atoms with Crippen molar-refractivity contribution in [3.05, 3.63) is 89.0 Å². The molecule has 4 nitrogen and oxygen atoms in total. The molecule has 1 N–H and O–H groups in total. The van der Waals surface area contributed by atoms with Gasteiger partial charge in [0.25, 0.3) is 5.91 Å². The summed E-state index contributed by atoms with van der Waals surface area (Å²) in [6.45, 7) is 4.33. The average Bonchev–Trinajstić information content (AvgIpc) is 2.66. The molecule has 0 bridgehead atoms. The Balaban J connectivity index is 1.77. The maximum atomic E-state index is 12.6. The van der Waals surface area contributed by atoms with Crippen molar-refractivity contribution in [2.75, 3.05) is 12.4 Å². The highest BCUT2D eigenvalue weighted by atomic mass is 16.5. The van der Waals surface area contributed by atoms with Crippen LogP contribution in [0.25, 0.3) is 0 Å². The second-order valence-electron chi connectivity index (χ2n) is 6.46. The van der Waals surface area contributed by atoms with Crippen molar-refractivity contribution in [2.24, 2.45) is 0 Å². The number of nitrogens with one attached hydrogen (secondary N) is 1. The van der Waals surface area contributed by atoms with Crippen LogP contribution in [0.1, 0.15) is 27.0 Å². The Morgan fingerprint density at radius 2 is 1.67 bits per heavy atom. The Labute approximate surface area is 159 Å². The van der Waals surface area contributed by atoms with E-state index in [4.69, 9.17) is 9.47 Å². The van der Waals surface area contributed by atoms with Crippen LogP contribution in [0.3, 0.4) is 0 Å². The van der Waals surface area contributed by atoms with Gasteiger partial charge in [0.2, 0.25) is 0 Å². The Morgan fingerprint density at radius 1 is 0.926 bits per heavy atom. The van der Waals surface area contributed by atoms with Crippen LogP contribution in [0.2, 0.25) is 0 Å². The van der Waals surface area contributed by atoms with E-state index in [2.05, 4.69) is 5.32 Å². The van der Waals surface area contributed by atoms with Crippen molar-refractivity contribution in [1.29, 1.82) is 0 Å². The normalized spacial score (nSPS) is 10.3. The molecule has 0 atom stereocenters. The Kier molecular flexibility index (Phi) is 5.77. The number of anilines is 1. The average molecular weight is 361 g/mol. The predicted molar refractivity (Wildman–Crippen MR) is 108 cm³/mol. The van der Waals surface area contributed by atoms with Crippen molar-refractivity contribution >= 4 is 11.6 Å². The number of aryl methyl sites for hydroxylation is 2. The summed E-state index contributed by atoms with van der Waals surface area (Å²) in [5.74, 6) is 1.31. The van der Waals surface area contributed by atoms with Crippen molar-refractivity contribution in [3.8, 4) is 11.5 Å². The van der Waals surface area contributed by atoms with E-state index in [1.54, 1.807) is 25.3 Å². The Morgan fingerprint density at radius 3 is 2.37 bits per heavy atom. The first-order valence-corrected chi connectivity index (χ1v) is 8.79. The fraction of sp³-hybridized carbons (Fsp3) is 0.174. The van der Waals surface area contributed by atoms with Crippen LogP contribution in [0.5, 0.6) is 11.5 Å². The number of carbonyl (C=O) groups is 1. The number of amides is 1. The van der Waals surface area contributed by atoms with E-state index in [1.165, 1.54) is 0 Å². The van der Waals surface area contributed by atoms with E-state index in [0.717, 1.165) is 28.1 Å². The highest BCUT2D eigenvalue weighted by Gasteiger charge is 2.11. The van der Waals surface area contributed by atoms with Gasteiger partial charge in [0.1, 0.15) is 18.1 Å². The zero-order valence-corrected chi connectivity index (χ0v) is 15.8. The van der Waals surface area contributed by atoms with Crippen LogP contribution in [0.15, 0.2) is 66.7 Å². The zero-order chi connectivity index (χ0) is 19.2. The van der Waals surface area contributed by atoms with Crippen molar-refractivity contribution in [2.45, 2.75) is 20.5 Å². The van der Waals surface area contributed by atoms with Gasteiger partial charge in [-0.2, -0.15) is 0 Å². The molecule has 1 amide bonds. The van der Waals surface area contributed by atoms with Gasteiger partial charge in [0, 0.05) is 16.8 Å². The van der Waals surface area contributed by atoms with Crippen LogP contribution in [-0.4, -0.2) is 13.0 Å². The van der Waals surface area contributed by atoms with Gasteiger partial charge in [-0.25, -0.2) is 0 Å². The Bertz CT molecular complexity index is 950. The molecule has 0 fully saturated rings. The number of ether oxygens (including phenoxy) is 2. The summed E-state index contributed by atoms with van der Waals surface area (Å²) in [6, 6.07) is 20.9. The standard InChI is InChI=1S/C23H23NO3/c1-16-6-4-8-20(12-16)24-23(25)18-10-11-22(26-3)19(14-18)15-27-21-9-5-7-17(2)13-21/h4-14H,15H2,1-3H3,(H,24,25). The quantitative estimate of drug-likeness (QED) is 0.661. The summed E-state index contributed by atoms with van der Waals surface area (Å²) in [4.78, 5) is 12.6. The Hall–Kier alpha value is -3.27. The molecule has 0 radical (unpaired) electrons. The minimum Gasteiger partial charge on any atom is -0.496 e. The monoisotopic (exact) mass is 361 g/mol. The first-order valence-electron chi connectivity index (χ1n) is 8.79. The highest BCUT2D eigenvalue weighted by Crippen LogP contribution is 2.23. The molecule has 4 heteroatoms. The van der Waals surface area contributed by atoms with Gasteiger partial charge in [-0.3, -0.25) is 4.79 Å². The lowest BCUT2D eigenvalue weighted by molar-refractivity contribution is 0.102. The van der Waals surface area contributed by atoms with Crippen molar-refractivity contribution < 1.29 is 14.3 Å². The second kappa shape index (κ2) is 8.41.